The van der Waals surface area contributed by atoms with E-state index >= 15 is 0 Å². The lowest BCUT2D eigenvalue weighted by atomic mass is 10.2. The van der Waals surface area contributed by atoms with Crippen LogP contribution in [0.3, 0.4) is 0 Å². The lowest BCUT2D eigenvalue weighted by Crippen LogP contribution is -2.32. The van der Waals surface area contributed by atoms with Gasteiger partial charge in [-0.2, -0.15) is 0 Å². The first kappa shape index (κ1) is 17.8. The van der Waals surface area contributed by atoms with Crippen LogP contribution < -0.4 is 15.4 Å². The van der Waals surface area contributed by atoms with Crippen LogP contribution in [0.5, 0.6) is 5.75 Å². The molecule has 0 saturated carbocycles. The maximum atomic E-state index is 11.8. The number of benzene rings is 2. The van der Waals surface area contributed by atoms with Crippen LogP contribution in [0.25, 0.3) is 0 Å². The molecule has 2 N–H and O–H groups in total. The van der Waals surface area contributed by atoms with Gasteiger partial charge in [0.05, 0.1) is 11.4 Å². The zero-order valence-corrected chi connectivity index (χ0v) is 14.4. The summed E-state index contributed by atoms with van der Waals surface area (Å²) in [5.74, 6) is 0.788. The smallest absolute Gasteiger partial charge is 0.319 e. The van der Waals surface area contributed by atoms with Gasteiger partial charge in [-0.15, -0.1) is 0 Å². The lowest BCUT2D eigenvalue weighted by Gasteiger charge is -2.10. The van der Waals surface area contributed by atoms with Gasteiger partial charge in [0.25, 0.3) is 0 Å². The first-order chi connectivity index (χ1) is 11.4. The summed E-state index contributed by atoms with van der Waals surface area (Å²) in [6, 6.07) is 13.3. The molecule has 2 amide bonds. The molecule has 0 atom stereocenters. The number of rotatable bonds is 6. The molecular weight excluding hydrogens is 328 g/mol. The Labute approximate surface area is 141 Å². The number of carbonyl (C=O) groups is 1. The maximum absolute atomic E-state index is 11.8. The van der Waals surface area contributed by atoms with Crippen molar-refractivity contribution in [2.24, 2.45) is 0 Å². The summed E-state index contributed by atoms with van der Waals surface area (Å²) in [5, 5.41) is 5.30. The van der Waals surface area contributed by atoms with Crippen molar-refractivity contribution < 1.29 is 17.9 Å². The Bertz CT molecular complexity index is 802. The number of para-hydroxylation sites is 1. The first-order valence-electron chi connectivity index (χ1n) is 7.39. The number of sulfone groups is 1. The number of hydrogen-bond acceptors (Lipinski definition) is 4. The average molecular weight is 348 g/mol. The normalized spacial score (nSPS) is 10.9. The zero-order valence-electron chi connectivity index (χ0n) is 13.6. The number of hydrogen-bond donors (Lipinski definition) is 2. The molecule has 0 aliphatic rings. The van der Waals surface area contributed by atoms with Crippen molar-refractivity contribution in [1.82, 2.24) is 5.32 Å². The van der Waals surface area contributed by atoms with Crippen LogP contribution in [0.4, 0.5) is 10.5 Å². The summed E-state index contributed by atoms with van der Waals surface area (Å²) in [7, 11) is -3.24. The summed E-state index contributed by atoms with van der Waals surface area (Å²) in [4.78, 5) is 12.0. The third kappa shape index (κ3) is 5.27. The highest BCUT2D eigenvalue weighted by Crippen LogP contribution is 2.16. The van der Waals surface area contributed by atoms with Crippen LogP contribution >= 0.6 is 0 Å². The molecule has 6 nitrogen and oxygen atoms in total. The van der Waals surface area contributed by atoms with E-state index in [1.54, 1.807) is 12.1 Å². The minimum atomic E-state index is -3.24. The fraction of sp³-hybridized carbons (Fsp3) is 0.235. The second kappa shape index (κ2) is 7.83. The fourth-order valence-electron chi connectivity index (χ4n) is 2.00. The summed E-state index contributed by atoms with van der Waals surface area (Å²) >= 11 is 0. The monoisotopic (exact) mass is 348 g/mol. The Hall–Kier alpha value is -2.54. The second-order valence-corrected chi connectivity index (χ2v) is 7.31. The molecule has 0 radical (unpaired) electrons. The van der Waals surface area contributed by atoms with Crippen LogP contribution in [0, 0.1) is 6.92 Å². The van der Waals surface area contributed by atoms with Gasteiger partial charge in [-0.3, -0.25) is 0 Å². The van der Waals surface area contributed by atoms with Crippen molar-refractivity contribution in [2.45, 2.75) is 11.8 Å². The number of carbonyl (C=O) groups excluding carboxylic acids is 1. The van der Waals surface area contributed by atoms with E-state index in [1.807, 2.05) is 31.2 Å². The fourth-order valence-corrected chi connectivity index (χ4v) is 2.64. The SMILES string of the molecule is Cc1ccccc1OCCNC(=O)Nc1ccc(S(C)(=O)=O)cc1. The average Bonchev–Trinajstić information content (AvgIpc) is 2.53. The minimum Gasteiger partial charge on any atom is -0.491 e. The molecule has 0 fully saturated rings. The third-order valence-corrected chi connectivity index (χ3v) is 4.41. The molecule has 0 aromatic heterocycles. The second-order valence-electron chi connectivity index (χ2n) is 5.29. The Morgan fingerprint density at radius 1 is 1.08 bits per heavy atom. The van der Waals surface area contributed by atoms with E-state index in [9.17, 15) is 13.2 Å². The molecule has 7 heteroatoms. The van der Waals surface area contributed by atoms with E-state index in [4.69, 9.17) is 4.74 Å². The molecule has 0 heterocycles. The number of ether oxygens (including phenoxy) is 1. The molecule has 0 saturated heterocycles. The highest BCUT2D eigenvalue weighted by atomic mass is 32.2. The van der Waals surface area contributed by atoms with E-state index in [1.165, 1.54) is 12.1 Å². The molecule has 24 heavy (non-hydrogen) atoms. The van der Waals surface area contributed by atoms with Gasteiger partial charge in [0.2, 0.25) is 0 Å². The predicted octanol–water partition coefficient (Wildman–Crippen LogP) is 2.60. The minimum absolute atomic E-state index is 0.208. The van der Waals surface area contributed by atoms with E-state index < -0.39 is 9.84 Å². The first-order valence-corrected chi connectivity index (χ1v) is 9.29. The standard InChI is InChI=1S/C17H20N2O4S/c1-13-5-3-4-6-16(13)23-12-11-18-17(20)19-14-7-9-15(10-8-14)24(2,21)22/h3-10H,11-12H2,1-2H3,(H2,18,19,20). The van der Waals surface area contributed by atoms with E-state index in [2.05, 4.69) is 10.6 Å². The molecule has 0 unspecified atom stereocenters. The molecule has 0 aliphatic heterocycles. The van der Waals surface area contributed by atoms with Gasteiger partial charge in [0.15, 0.2) is 9.84 Å². The highest BCUT2D eigenvalue weighted by molar-refractivity contribution is 7.90. The number of amides is 2. The molecule has 0 bridgehead atoms. The van der Waals surface area contributed by atoms with Crippen LogP contribution in [0.15, 0.2) is 53.4 Å². The lowest BCUT2D eigenvalue weighted by molar-refractivity contribution is 0.247. The topological polar surface area (TPSA) is 84.5 Å². The van der Waals surface area contributed by atoms with Gasteiger partial charge < -0.3 is 15.4 Å². The number of urea groups is 1. The summed E-state index contributed by atoms with van der Waals surface area (Å²) in [6.45, 7) is 2.66. The quantitative estimate of drug-likeness (QED) is 0.786. The highest BCUT2D eigenvalue weighted by Gasteiger charge is 2.07. The van der Waals surface area contributed by atoms with Gasteiger partial charge in [0, 0.05) is 11.9 Å². The number of nitrogens with one attached hydrogen (secondary N) is 2. The Kier molecular flexibility index (Phi) is 5.81. The summed E-state index contributed by atoms with van der Waals surface area (Å²) in [5.41, 5.74) is 1.55. The molecule has 128 valence electrons. The van der Waals surface area contributed by atoms with Crippen LogP contribution in [-0.4, -0.2) is 33.9 Å². The molecule has 2 aromatic rings. The molecule has 2 aromatic carbocycles. The summed E-state index contributed by atoms with van der Waals surface area (Å²) < 4.78 is 28.3. The van der Waals surface area contributed by atoms with Crippen LogP contribution in [0.1, 0.15) is 5.56 Å². The van der Waals surface area contributed by atoms with Gasteiger partial charge >= 0.3 is 6.03 Å². The third-order valence-electron chi connectivity index (χ3n) is 3.28. The molecule has 0 spiro atoms. The van der Waals surface area contributed by atoms with E-state index in [0.717, 1.165) is 17.6 Å². The van der Waals surface area contributed by atoms with Crippen LogP contribution in [0.2, 0.25) is 0 Å². The Morgan fingerprint density at radius 2 is 1.75 bits per heavy atom. The van der Waals surface area contributed by atoms with Crippen molar-refractivity contribution in [3.05, 3.63) is 54.1 Å². The van der Waals surface area contributed by atoms with Crippen molar-refractivity contribution >= 4 is 21.6 Å². The van der Waals surface area contributed by atoms with Gasteiger partial charge in [0.1, 0.15) is 12.4 Å². The Morgan fingerprint density at radius 3 is 2.38 bits per heavy atom. The predicted molar refractivity (Wildman–Crippen MR) is 93.2 cm³/mol. The number of aryl methyl sites for hydroxylation is 1. The van der Waals surface area contributed by atoms with E-state index in [0.29, 0.717) is 18.8 Å². The number of anilines is 1. The van der Waals surface area contributed by atoms with E-state index in [-0.39, 0.29) is 10.9 Å². The summed E-state index contributed by atoms with van der Waals surface area (Å²) in [6.07, 6.45) is 1.14. The van der Waals surface area contributed by atoms with Crippen molar-refractivity contribution in [3.63, 3.8) is 0 Å². The Balaban J connectivity index is 1.76. The largest absolute Gasteiger partial charge is 0.491 e. The molecule has 2 rings (SSSR count). The van der Waals surface area contributed by atoms with Crippen molar-refractivity contribution in [3.8, 4) is 5.75 Å². The van der Waals surface area contributed by atoms with Crippen LogP contribution in [-0.2, 0) is 9.84 Å². The van der Waals surface area contributed by atoms with Gasteiger partial charge in [-0.1, -0.05) is 18.2 Å². The van der Waals surface area contributed by atoms with Crippen molar-refractivity contribution in [1.29, 1.82) is 0 Å². The molecular formula is C17H20N2O4S. The zero-order chi connectivity index (χ0) is 17.6. The van der Waals surface area contributed by atoms with Gasteiger partial charge in [-0.05, 0) is 42.8 Å². The van der Waals surface area contributed by atoms with Gasteiger partial charge in [-0.25, -0.2) is 13.2 Å². The van der Waals surface area contributed by atoms with Crippen molar-refractivity contribution in [2.75, 3.05) is 24.7 Å². The maximum Gasteiger partial charge on any atom is 0.319 e. The molecule has 0 aliphatic carbocycles.